The van der Waals surface area contributed by atoms with Crippen molar-refractivity contribution in [2.24, 2.45) is 0 Å². The number of ketones is 1. The summed E-state index contributed by atoms with van der Waals surface area (Å²) >= 11 is 0. The second kappa shape index (κ2) is 8.07. The van der Waals surface area contributed by atoms with Gasteiger partial charge in [-0.3, -0.25) is 14.9 Å². The van der Waals surface area contributed by atoms with Crippen LogP contribution in [0.5, 0.6) is 11.5 Å². The highest BCUT2D eigenvalue weighted by Crippen LogP contribution is 2.27. The van der Waals surface area contributed by atoms with Crippen LogP contribution >= 0.6 is 0 Å². The number of hydrogen-bond acceptors (Lipinski definition) is 6. The van der Waals surface area contributed by atoms with E-state index in [1.807, 2.05) is 0 Å². The minimum atomic E-state index is -0.686. The number of nitro benzene ring substituents is 1. The van der Waals surface area contributed by atoms with Crippen molar-refractivity contribution in [1.82, 2.24) is 0 Å². The van der Waals surface area contributed by atoms with Crippen LogP contribution in [0.1, 0.15) is 21.5 Å². The van der Waals surface area contributed by atoms with Crippen molar-refractivity contribution in [3.8, 4) is 11.5 Å². The molecule has 0 aliphatic rings. The lowest BCUT2D eigenvalue weighted by Crippen LogP contribution is -1.99. The molecule has 0 atom stereocenters. The summed E-state index contributed by atoms with van der Waals surface area (Å²) < 4.78 is 10.3. The Morgan fingerprint density at radius 3 is 2.64 bits per heavy atom. The van der Waals surface area contributed by atoms with Crippen LogP contribution in [0, 0.1) is 10.1 Å². The van der Waals surface area contributed by atoms with Gasteiger partial charge >= 0.3 is 5.69 Å². The van der Waals surface area contributed by atoms with Gasteiger partial charge in [0, 0.05) is 24.3 Å². The molecule has 1 N–H and O–H groups in total. The first-order chi connectivity index (χ1) is 12.0. The Kier molecular flexibility index (Phi) is 5.86. The van der Waals surface area contributed by atoms with Crippen molar-refractivity contribution in [1.29, 1.82) is 0 Å². The Morgan fingerprint density at radius 2 is 2.00 bits per heavy atom. The summed E-state index contributed by atoms with van der Waals surface area (Å²) in [6.45, 7) is 0.304. The molecule has 0 heterocycles. The van der Waals surface area contributed by atoms with E-state index in [2.05, 4.69) is 0 Å². The SMILES string of the molecule is COCc1cc(C(=O)/C=C/c2ccc(O)c([N+](=O)[O-])c2)ccc1OC. The van der Waals surface area contributed by atoms with E-state index in [4.69, 9.17) is 9.47 Å². The molecule has 0 radical (unpaired) electrons. The maximum atomic E-state index is 12.3. The normalized spacial score (nSPS) is 10.8. The number of carbonyl (C=O) groups is 1. The van der Waals surface area contributed by atoms with Crippen molar-refractivity contribution < 1.29 is 24.3 Å². The van der Waals surface area contributed by atoms with E-state index in [0.29, 0.717) is 23.5 Å². The number of benzene rings is 2. The zero-order chi connectivity index (χ0) is 18.4. The number of phenolic OH excluding ortho intramolecular Hbond substituents is 1. The van der Waals surface area contributed by atoms with Gasteiger partial charge < -0.3 is 14.6 Å². The number of nitrogens with zero attached hydrogens (tertiary/aromatic N) is 1. The molecule has 0 fully saturated rings. The Bertz CT molecular complexity index is 828. The van der Waals surface area contributed by atoms with Gasteiger partial charge in [0.05, 0.1) is 18.6 Å². The van der Waals surface area contributed by atoms with Crippen LogP contribution in [0.15, 0.2) is 42.5 Å². The van der Waals surface area contributed by atoms with Crippen LogP contribution in [-0.2, 0) is 11.3 Å². The molecule has 0 aliphatic carbocycles. The predicted molar refractivity (Wildman–Crippen MR) is 91.8 cm³/mol. The Morgan fingerprint density at radius 1 is 1.24 bits per heavy atom. The molecular formula is C18H17NO6. The van der Waals surface area contributed by atoms with Crippen LogP contribution < -0.4 is 4.74 Å². The van der Waals surface area contributed by atoms with E-state index >= 15 is 0 Å². The van der Waals surface area contributed by atoms with Crippen molar-refractivity contribution >= 4 is 17.5 Å². The van der Waals surface area contributed by atoms with E-state index in [9.17, 15) is 20.0 Å². The average Bonchev–Trinajstić information content (AvgIpc) is 2.60. The van der Waals surface area contributed by atoms with Gasteiger partial charge in [-0.05, 0) is 35.9 Å². The van der Waals surface area contributed by atoms with Crippen LogP contribution in [-0.4, -0.2) is 30.0 Å². The third-order valence-electron chi connectivity index (χ3n) is 3.49. The maximum absolute atomic E-state index is 12.3. The summed E-state index contributed by atoms with van der Waals surface area (Å²) in [5.41, 5.74) is 1.20. The summed E-state index contributed by atoms with van der Waals surface area (Å²) in [4.78, 5) is 22.4. The van der Waals surface area contributed by atoms with E-state index in [0.717, 1.165) is 5.56 Å². The Labute approximate surface area is 144 Å². The second-order valence-electron chi connectivity index (χ2n) is 5.16. The summed E-state index contributed by atoms with van der Waals surface area (Å²) in [7, 11) is 3.08. The standard InChI is InChI=1S/C18H17NO6/c1-24-11-14-10-13(5-8-18(14)25-2)16(20)6-3-12-4-7-17(21)15(9-12)19(22)23/h3-10,21H,11H2,1-2H3/b6-3+. The minimum absolute atomic E-state index is 0.268. The monoisotopic (exact) mass is 343 g/mol. The number of hydrogen-bond donors (Lipinski definition) is 1. The minimum Gasteiger partial charge on any atom is -0.502 e. The third kappa shape index (κ3) is 4.42. The molecule has 0 amide bonds. The first kappa shape index (κ1) is 18.2. The molecule has 7 nitrogen and oxygen atoms in total. The Hall–Kier alpha value is -3.19. The molecule has 2 aromatic carbocycles. The van der Waals surface area contributed by atoms with Crippen LogP contribution in [0.3, 0.4) is 0 Å². The molecule has 25 heavy (non-hydrogen) atoms. The fourth-order valence-corrected chi connectivity index (χ4v) is 2.26. The highest BCUT2D eigenvalue weighted by atomic mass is 16.6. The number of phenols is 1. The molecule has 0 unspecified atom stereocenters. The molecule has 0 aromatic heterocycles. The molecule has 2 aromatic rings. The van der Waals surface area contributed by atoms with Crippen molar-refractivity contribution in [3.05, 3.63) is 69.3 Å². The molecule has 130 valence electrons. The molecule has 2 rings (SSSR count). The first-order valence-electron chi connectivity index (χ1n) is 7.32. The summed E-state index contributed by atoms with van der Waals surface area (Å²) in [6.07, 6.45) is 2.77. The zero-order valence-corrected chi connectivity index (χ0v) is 13.8. The number of ether oxygens (including phenoxy) is 2. The summed E-state index contributed by atoms with van der Waals surface area (Å²) in [5, 5.41) is 20.3. The van der Waals surface area contributed by atoms with Crippen LogP contribution in [0.25, 0.3) is 6.08 Å². The lowest BCUT2D eigenvalue weighted by atomic mass is 10.0. The van der Waals surface area contributed by atoms with E-state index < -0.39 is 16.4 Å². The second-order valence-corrected chi connectivity index (χ2v) is 5.16. The molecular weight excluding hydrogens is 326 g/mol. The van der Waals surface area contributed by atoms with Crippen molar-refractivity contribution in [2.45, 2.75) is 6.61 Å². The summed E-state index contributed by atoms with van der Waals surface area (Å²) in [6, 6.07) is 8.88. The number of carbonyl (C=O) groups excluding carboxylic acids is 1. The fourth-order valence-electron chi connectivity index (χ4n) is 2.26. The predicted octanol–water partition coefficient (Wildman–Crippen LogP) is 3.35. The lowest BCUT2D eigenvalue weighted by molar-refractivity contribution is -0.385. The van der Waals surface area contributed by atoms with Crippen LogP contribution in [0.2, 0.25) is 0 Å². The van der Waals surface area contributed by atoms with Gasteiger partial charge in [0.15, 0.2) is 11.5 Å². The third-order valence-corrected chi connectivity index (χ3v) is 3.49. The van der Waals surface area contributed by atoms with Gasteiger partial charge in [0.1, 0.15) is 5.75 Å². The number of aromatic hydroxyl groups is 1. The van der Waals surface area contributed by atoms with Gasteiger partial charge in [0.25, 0.3) is 0 Å². The smallest absolute Gasteiger partial charge is 0.311 e. The fraction of sp³-hybridized carbons (Fsp3) is 0.167. The highest BCUT2D eigenvalue weighted by molar-refractivity contribution is 6.07. The molecule has 0 spiro atoms. The van der Waals surface area contributed by atoms with Crippen molar-refractivity contribution in [3.63, 3.8) is 0 Å². The number of nitro groups is 1. The largest absolute Gasteiger partial charge is 0.502 e. The molecule has 0 bridgehead atoms. The number of rotatable bonds is 7. The quantitative estimate of drug-likeness (QED) is 0.358. The van der Waals surface area contributed by atoms with Gasteiger partial charge in [-0.25, -0.2) is 0 Å². The van der Waals surface area contributed by atoms with Gasteiger partial charge in [-0.1, -0.05) is 12.1 Å². The molecule has 0 aliphatic heterocycles. The average molecular weight is 343 g/mol. The topological polar surface area (TPSA) is 98.9 Å². The molecule has 7 heteroatoms. The van der Waals surface area contributed by atoms with Crippen molar-refractivity contribution in [2.75, 3.05) is 14.2 Å². The number of methoxy groups -OCH3 is 2. The van der Waals surface area contributed by atoms with E-state index in [-0.39, 0.29) is 5.78 Å². The van der Waals surface area contributed by atoms with Gasteiger partial charge in [-0.15, -0.1) is 0 Å². The van der Waals surface area contributed by atoms with Gasteiger partial charge in [0.2, 0.25) is 0 Å². The summed E-state index contributed by atoms with van der Waals surface area (Å²) in [5.74, 6) is -0.0693. The number of allylic oxidation sites excluding steroid dienone is 1. The van der Waals surface area contributed by atoms with Crippen LogP contribution in [0.4, 0.5) is 5.69 Å². The zero-order valence-electron chi connectivity index (χ0n) is 13.8. The maximum Gasteiger partial charge on any atom is 0.311 e. The van der Waals surface area contributed by atoms with Gasteiger partial charge in [-0.2, -0.15) is 0 Å². The molecule has 0 saturated carbocycles. The van der Waals surface area contributed by atoms with E-state index in [1.165, 1.54) is 37.5 Å². The Balaban J connectivity index is 2.24. The van der Waals surface area contributed by atoms with E-state index in [1.54, 1.807) is 25.3 Å². The lowest BCUT2D eigenvalue weighted by Gasteiger charge is -2.08. The highest BCUT2D eigenvalue weighted by Gasteiger charge is 2.13. The molecule has 0 saturated heterocycles. The first-order valence-corrected chi connectivity index (χ1v) is 7.32.